The van der Waals surface area contributed by atoms with Crippen molar-refractivity contribution < 1.29 is 20.4 Å². The summed E-state index contributed by atoms with van der Waals surface area (Å²) in [6.07, 6.45) is 0.633. The Bertz CT molecular complexity index is 3880. The maximum atomic E-state index is 11.8. The molecule has 0 amide bonds. The van der Waals surface area contributed by atoms with Crippen LogP contribution >= 0.6 is 0 Å². The van der Waals surface area contributed by atoms with Crippen LogP contribution in [0.2, 0.25) is 0 Å². The highest BCUT2D eigenvalue weighted by Crippen LogP contribution is 2.39. The van der Waals surface area contributed by atoms with E-state index in [-0.39, 0.29) is 23.0 Å². The Morgan fingerprint density at radius 3 is 0.907 bits per heavy atom. The summed E-state index contributed by atoms with van der Waals surface area (Å²) in [6, 6.07) is 54.5. The second-order valence-corrected chi connectivity index (χ2v) is 19.2. The van der Waals surface area contributed by atoms with E-state index in [1.165, 1.54) is 0 Å². The molecule has 0 bridgehead atoms. The van der Waals surface area contributed by atoms with Crippen molar-refractivity contribution in [1.29, 1.82) is 0 Å². The van der Waals surface area contributed by atoms with E-state index < -0.39 is 0 Å². The van der Waals surface area contributed by atoms with E-state index in [1.807, 2.05) is 192 Å². The van der Waals surface area contributed by atoms with Crippen LogP contribution in [0, 0.1) is 0 Å². The van der Waals surface area contributed by atoms with Crippen LogP contribution in [0.5, 0.6) is 23.0 Å². The van der Waals surface area contributed by atoms with Gasteiger partial charge in [0.15, 0.2) is 0 Å². The molecule has 0 aliphatic heterocycles. The van der Waals surface area contributed by atoms with Gasteiger partial charge in [0.1, 0.15) is 46.3 Å². The lowest BCUT2D eigenvalue weighted by atomic mass is 10.1. The minimum atomic E-state index is 0.0932. The maximum Gasteiger partial charge on any atom is 0.144 e. The number of aromatic nitrogens is 8. The van der Waals surface area contributed by atoms with Crippen LogP contribution < -0.4 is 9.80 Å². The molecule has 0 fully saturated rings. The second kappa shape index (κ2) is 18.8. The summed E-state index contributed by atoms with van der Waals surface area (Å²) in [5, 5.41) is 46.8. The van der Waals surface area contributed by atoms with Crippen molar-refractivity contribution in [2.24, 2.45) is 28.2 Å². The molecule has 0 spiro atoms. The van der Waals surface area contributed by atoms with Gasteiger partial charge in [-0.2, -0.15) is 0 Å². The number of para-hydroxylation sites is 8. The van der Waals surface area contributed by atoms with Crippen molar-refractivity contribution in [3.8, 4) is 68.5 Å². The predicted octanol–water partition coefficient (Wildman–Crippen LogP) is 11.8. The molecule has 12 aromatic rings. The quantitative estimate of drug-likeness (QED) is 0.0826. The zero-order chi connectivity index (χ0) is 51.5. The summed E-state index contributed by atoms with van der Waals surface area (Å²) in [6.45, 7) is 1.89. The summed E-state index contributed by atoms with van der Waals surface area (Å²) in [5.41, 5.74) is 13.0. The average Bonchev–Trinajstić information content (AvgIpc) is 4.16. The number of hydrogen-bond donors (Lipinski definition) is 4. The molecule has 0 aliphatic rings. The molecule has 0 saturated carbocycles. The molecular formula is C61H54N10O4. The number of aromatic hydroxyl groups is 4. The maximum absolute atomic E-state index is 11.8. The molecule has 14 heteroatoms. The van der Waals surface area contributed by atoms with Crippen LogP contribution in [0.15, 0.2) is 170 Å². The number of imidazole rings is 4. The van der Waals surface area contributed by atoms with Gasteiger partial charge in [0.2, 0.25) is 0 Å². The molecule has 4 N–H and O–H groups in total. The summed E-state index contributed by atoms with van der Waals surface area (Å²) < 4.78 is 7.95. The largest absolute Gasteiger partial charge is 0.507 e. The molecule has 8 aromatic carbocycles. The lowest BCUT2D eigenvalue weighted by Gasteiger charge is -2.29. The molecule has 0 saturated heterocycles. The van der Waals surface area contributed by atoms with E-state index in [0.29, 0.717) is 78.2 Å². The molecule has 75 heavy (non-hydrogen) atoms. The Balaban J connectivity index is 0.876. The van der Waals surface area contributed by atoms with Gasteiger partial charge in [-0.15, -0.1) is 0 Å². The van der Waals surface area contributed by atoms with Crippen LogP contribution in [-0.2, 0) is 41.3 Å². The molecule has 4 aromatic heterocycles. The zero-order valence-electron chi connectivity index (χ0n) is 42.0. The number of phenols is 4. The number of rotatable bonds is 14. The van der Waals surface area contributed by atoms with Crippen LogP contribution in [0.25, 0.3) is 89.7 Å². The van der Waals surface area contributed by atoms with Gasteiger partial charge in [-0.1, -0.05) is 60.7 Å². The van der Waals surface area contributed by atoms with Crippen LogP contribution in [0.4, 0.5) is 11.4 Å². The van der Waals surface area contributed by atoms with Gasteiger partial charge in [0.05, 0.1) is 66.4 Å². The molecule has 0 unspecified atom stereocenters. The topological polar surface area (TPSA) is 159 Å². The highest BCUT2D eigenvalue weighted by molar-refractivity contribution is 5.85. The van der Waals surface area contributed by atoms with E-state index in [0.717, 1.165) is 66.6 Å². The second-order valence-electron chi connectivity index (χ2n) is 19.2. The fraction of sp³-hybridized carbons (Fsp3) is 0.148. The highest BCUT2D eigenvalue weighted by atomic mass is 16.3. The van der Waals surface area contributed by atoms with Crippen molar-refractivity contribution in [3.63, 3.8) is 0 Å². The number of phenolic OH excluding ortho intramolecular Hbond substituents is 4. The number of anilines is 2. The highest BCUT2D eigenvalue weighted by Gasteiger charge is 2.22. The van der Waals surface area contributed by atoms with Crippen LogP contribution in [-0.4, -0.2) is 71.7 Å². The monoisotopic (exact) mass is 990 g/mol. The molecule has 12 rings (SSSR count). The smallest absolute Gasteiger partial charge is 0.144 e. The molecule has 14 nitrogen and oxygen atoms in total. The van der Waals surface area contributed by atoms with Crippen LogP contribution in [0.1, 0.15) is 17.5 Å². The van der Waals surface area contributed by atoms with E-state index >= 15 is 0 Å². The first-order valence-corrected chi connectivity index (χ1v) is 24.9. The third kappa shape index (κ3) is 8.45. The summed E-state index contributed by atoms with van der Waals surface area (Å²) >= 11 is 0. The van der Waals surface area contributed by atoms with Gasteiger partial charge in [0.25, 0.3) is 0 Å². The first kappa shape index (κ1) is 46.5. The zero-order valence-corrected chi connectivity index (χ0v) is 42.0. The Kier molecular flexibility index (Phi) is 11.7. The fourth-order valence-electron chi connectivity index (χ4n) is 10.6. The minimum Gasteiger partial charge on any atom is -0.507 e. The van der Waals surface area contributed by atoms with Crippen molar-refractivity contribution >= 4 is 55.5 Å². The van der Waals surface area contributed by atoms with Crippen LogP contribution in [0.3, 0.4) is 0 Å². The lowest BCUT2D eigenvalue weighted by molar-refractivity contribution is 0.474. The Morgan fingerprint density at radius 2 is 0.627 bits per heavy atom. The molecule has 4 heterocycles. The number of hydrogen-bond acceptors (Lipinski definition) is 10. The van der Waals surface area contributed by atoms with Crippen molar-refractivity contribution in [2.45, 2.75) is 19.5 Å². The van der Waals surface area contributed by atoms with E-state index in [2.05, 4.69) is 9.80 Å². The number of benzene rings is 8. The predicted molar refractivity (Wildman–Crippen MR) is 298 cm³/mol. The standard InChI is InChI=1S/C61H54N10O4/c1-66-50-18-9-5-14-46(50)62-58(66)42-26-22-38(32-54(42)72)36-70(40-24-28-44(56(74)34-40)60-64-48-16-7-11-20-52(48)68(60)3)30-13-31-71(41-25-29-45(57(75)35-41)61-65-49-17-8-12-21-53(49)69(61)4)37-39-23-27-43(55(73)33-39)59-63-47-15-6-10-19-51(47)67(59)2/h5-12,14-29,32-35,72-75H,13,30-31,36-37H2,1-4H3. The van der Waals surface area contributed by atoms with E-state index in [9.17, 15) is 20.4 Å². The summed E-state index contributed by atoms with van der Waals surface area (Å²) in [4.78, 5) is 23.8. The minimum absolute atomic E-state index is 0.0932. The van der Waals surface area contributed by atoms with E-state index in [1.54, 1.807) is 24.3 Å². The van der Waals surface area contributed by atoms with Gasteiger partial charge < -0.3 is 48.5 Å². The number of nitrogens with zero attached hydrogens (tertiary/aromatic N) is 10. The molecule has 0 radical (unpaired) electrons. The third-order valence-electron chi connectivity index (χ3n) is 14.5. The van der Waals surface area contributed by atoms with Gasteiger partial charge in [-0.3, -0.25) is 0 Å². The first-order chi connectivity index (χ1) is 36.5. The number of fused-ring (bicyclic) bond motifs is 4. The Hall–Kier alpha value is -9.56. The first-order valence-electron chi connectivity index (χ1n) is 24.9. The van der Waals surface area contributed by atoms with Crippen molar-refractivity contribution in [3.05, 3.63) is 181 Å². The van der Waals surface area contributed by atoms with Gasteiger partial charge in [-0.25, -0.2) is 19.9 Å². The summed E-state index contributed by atoms with van der Waals surface area (Å²) in [7, 11) is 7.80. The molecular weight excluding hydrogens is 937 g/mol. The Morgan fingerprint density at radius 1 is 0.347 bits per heavy atom. The average molecular weight is 991 g/mol. The Labute approximate surface area is 432 Å². The lowest BCUT2D eigenvalue weighted by Crippen LogP contribution is -2.30. The third-order valence-corrected chi connectivity index (χ3v) is 14.5. The van der Waals surface area contributed by atoms with Crippen molar-refractivity contribution in [1.82, 2.24) is 38.2 Å². The normalized spacial score (nSPS) is 11.7. The number of aryl methyl sites for hydroxylation is 4. The van der Waals surface area contributed by atoms with Gasteiger partial charge in [0, 0.05) is 77.9 Å². The molecule has 0 atom stereocenters. The summed E-state index contributed by atoms with van der Waals surface area (Å²) in [5.74, 6) is 3.06. The van der Waals surface area contributed by atoms with E-state index in [4.69, 9.17) is 19.9 Å². The fourth-order valence-corrected chi connectivity index (χ4v) is 10.6. The van der Waals surface area contributed by atoms with Gasteiger partial charge in [-0.05, 0) is 115 Å². The molecule has 0 aliphatic carbocycles. The molecule has 372 valence electrons. The SMILES string of the molecule is Cn1c(-c2ccc(CN(CCCN(Cc3ccc(-c4nc5ccccc5n4C)c(O)c3)c3ccc(-c4nc5ccccc5n4C)c(O)c3)c3ccc(-c4nc5ccccc5n4C)c(O)c3)cc2O)nc2ccccc21. The van der Waals surface area contributed by atoms with Gasteiger partial charge >= 0.3 is 0 Å². The van der Waals surface area contributed by atoms with Crippen molar-refractivity contribution in [2.75, 3.05) is 22.9 Å².